The molecule has 0 bridgehead atoms. The molecule has 0 amide bonds. The number of aliphatic carboxylic acids is 1. The van der Waals surface area contributed by atoms with Crippen molar-refractivity contribution in [2.45, 2.75) is 4.90 Å². The third-order valence-corrected chi connectivity index (χ3v) is 2.78. The molecule has 0 unspecified atom stereocenters. The molecule has 0 aromatic heterocycles. The zero-order chi connectivity index (χ0) is 13.0. The summed E-state index contributed by atoms with van der Waals surface area (Å²) in [6, 6.07) is 3.24. The lowest BCUT2D eigenvalue weighted by Crippen LogP contribution is -2.01. The molecule has 1 rings (SSSR count). The predicted octanol–water partition coefficient (Wildman–Crippen LogP) is 1.47. The summed E-state index contributed by atoms with van der Waals surface area (Å²) in [6.45, 7) is 0. The molecule has 7 nitrogen and oxygen atoms in total. The van der Waals surface area contributed by atoms with E-state index in [9.17, 15) is 19.7 Å². The molecule has 1 aromatic carbocycles. The van der Waals surface area contributed by atoms with Gasteiger partial charge in [-0.3, -0.25) is 14.9 Å². The minimum atomic E-state index is -1.22. The molecule has 0 aliphatic rings. The van der Waals surface area contributed by atoms with Crippen molar-refractivity contribution in [3.05, 3.63) is 33.9 Å². The van der Waals surface area contributed by atoms with Crippen LogP contribution in [0.15, 0.2) is 23.1 Å². The van der Waals surface area contributed by atoms with Crippen molar-refractivity contribution in [1.82, 2.24) is 0 Å². The molecular weight excluding hydrogens is 250 g/mol. The van der Waals surface area contributed by atoms with Crippen LogP contribution in [0.3, 0.4) is 0 Å². The zero-order valence-electron chi connectivity index (χ0n) is 8.32. The Hall–Kier alpha value is -2.09. The van der Waals surface area contributed by atoms with E-state index in [0.29, 0.717) is 11.8 Å². The fraction of sp³-hybridized carbons (Fsp3) is 0.111. The van der Waals surface area contributed by atoms with E-state index in [1.165, 1.54) is 0 Å². The topological polar surface area (TPSA) is 118 Å². The summed E-state index contributed by atoms with van der Waals surface area (Å²) in [5, 5.41) is 27.8. The van der Waals surface area contributed by atoms with Gasteiger partial charge < -0.3 is 10.2 Å². The molecule has 8 heteroatoms. The van der Waals surface area contributed by atoms with E-state index in [1.807, 2.05) is 0 Å². The second-order valence-corrected chi connectivity index (χ2v) is 3.94. The number of nitro groups is 1. The van der Waals surface area contributed by atoms with Gasteiger partial charge in [0, 0.05) is 6.07 Å². The molecule has 90 valence electrons. The number of hydrogen-bond acceptors (Lipinski definition) is 5. The Labute approximate surface area is 99.2 Å². The molecule has 0 spiro atoms. The summed E-state index contributed by atoms with van der Waals surface area (Å²) in [6.07, 6.45) is 0. The van der Waals surface area contributed by atoms with Crippen LogP contribution in [0.2, 0.25) is 0 Å². The second kappa shape index (κ2) is 5.30. The number of rotatable bonds is 5. The molecule has 0 saturated carbocycles. The first-order valence-electron chi connectivity index (χ1n) is 4.28. The summed E-state index contributed by atoms with van der Waals surface area (Å²) in [4.78, 5) is 31.0. The summed E-state index contributed by atoms with van der Waals surface area (Å²) in [7, 11) is 0. The van der Waals surface area contributed by atoms with Crippen LogP contribution in [0, 0.1) is 10.1 Å². The Morgan fingerprint density at radius 2 is 2.00 bits per heavy atom. The maximum absolute atomic E-state index is 10.7. The van der Waals surface area contributed by atoms with Crippen LogP contribution >= 0.6 is 11.8 Å². The molecule has 1 aromatic rings. The number of thioether (sulfide) groups is 1. The molecule has 0 aliphatic heterocycles. The largest absolute Gasteiger partial charge is 0.481 e. The van der Waals surface area contributed by atoms with E-state index in [0.717, 1.165) is 18.2 Å². The second-order valence-electron chi connectivity index (χ2n) is 2.93. The van der Waals surface area contributed by atoms with Gasteiger partial charge >= 0.3 is 11.9 Å². The highest BCUT2D eigenvalue weighted by atomic mass is 32.2. The molecule has 0 heterocycles. The molecule has 0 aliphatic carbocycles. The number of hydrogen-bond donors (Lipinski definition) is 2. The third kappa shape index (κ3) is 3.45. The lowest BCUT2D eigenvalue weighted by Gasteiger charge is -2.02. The van der Waals surface area contributed by atoms with Crippen molar-refractivity contribution >= 4 is 29.4 Å². The first kappa shape index (κ1) is 13.0. The van der Waals surface area contributed by atoms with Crippen molar-refractivity contribution in [3.8, 4) is 0 Å². The van der Waals surface area contributed by atoms with Gasteiger partial charge in [0.05, 0.1) is 21.1 Å². The number of nitro benzene ring substituents is 1. The van der Waals surface area contributed by atoms with Gasteiger partial charge in [-0.05, 0) is 12.1 Å². The van der Waals surface area contributed by atoms with Crippen LogP contribution < -0.4 is 0 Å². The average Bonchev–Trinajstić information content (AvgIpc) is 2.25. The highest BCUT2D eigenvalue weighted by molar-refractivity contribution is 8.00. The number of carbonyl (C=O) groups is 2. The van der Waals surface area contributed by atoms with E-state index < -0.39 is 16.9 Å². The van der Waals surface area contributed by atoms with Gasteiger partial charge in [-0.25, -0.2) is 4.79 Å². The minimum absolute atomic E-state index is 0.0253. The maximum Gasteiger partial charge on any atom is 0.335 e. The van der Waals surface area contributed by atoms with E-state index in [1.54, 1.807) is 0 Å². The van der Waals surface area contributed by atoms with E-state index in [4.69, 9.17) is 10.2 Å². The van der Waals surface area contributed by atoms with Gasteiger partial charge in [0.15, 0.2) is 0 Å². The summed E-state index contributed by atoms with van der Waals surface area (Å²) >= 11 is 0.711. The number of nitrogens with zero attached hydrogens (tertiary/aromatic N) is 1. The van der Waals surface area contributed by atoms with Gasteiger partial charge in [0.25, 0.3) is 5.69 Å². The predicted molar refractivity (Wildman–Crippen MR) is 58.4 cm³/mol. The summed E-state index contributed by atoms with van der Waals surface area (Å²) in [5.74, 6) is -2.73. The Balaban J connectivity index is 3.11. The fourth-order valence-corrected chi connectivity index (χ4v) is 1.83. The van der Waals surface area contributed by atoms with Crippen molar-refractivity contribution in [3.63, 3.8) is 0 Å². The van der Waals surface area contributed by atoms with Crippen molar-refractivity contribution in [2.24, 2.45) is 0 Å². The van der Waals surface area contributed by atoms with Gasteiger partial charge in [0.2, 0.25) is 0 Å². The fourth-order valence-electron chi connectivity index (χ4n) is 1.05. The molecule has 0 fully saturated rings. The molecule has 17 heavy (non-hydrogen) atoms. The van der Waals surface area contributed by atoms with Gasteiger partial charge in [-0.2, -0.15) is 0 Å². The summed E-state index contributed by atoms with van der Waals surface area (Å²) < 4.78 is 0. The summed E-state index contributed by atoms with van der Waals surface area (Å²) in [5.41, 5.74) is -0.426. The number of benzene rings is 1. The third-order valence-electron chi connectivity index (χ3n) is 1.75. The smallest absolute Gasteiger partial charge is 0.335 e. The monoisotopic (exact) mass is 257 g/mol. The SMILES string of the molecule is O=C(O)CSc1cc(C(=O)O)ccc1[N+](=O)[O-]. The van der Waals surface area contributed by atoms with E-state index >= 15 is 0 Å². The lowest BCUT2D eigenvalue weighted by molar-refractivity contribution is -0.387. The van der Waals surface area contributed by atoms with Crippen LogP contribution in [-0.2, 0) is 4.79 Å². The minimum Gasteiger partial charge on any atom is -0.481 e. The Morgan fingerprint density at radius 3 is 2.47 bits per heavy atom. The van der Waals surface area contributed by atoms with Crippen molar-refractivity contribution in [1.29, 1.82) is 0 Å². The van der Waals surface area contributed by atoms with Gasteiger partial charge in [-0.15, -0.1) is 11.8 Å². The van der Waals surface area contributed by atoms with E-state index in [-0.39, 0.29) is 21.9 Å². The standard InChI is InChI=1S/C9H7NO6S/c11-8(12)4-17-7-3-5(9(13)14)1-2-6(7)10(15)16/h1-3H,4H2,(H,11,12)(H,13,14). The molecular formula is C9H7NO6S. The number of aromatic carboxylic acids is 1. The van der Waals surface area contributed by atoms with Gasteiger partial charge in [0.1, 0.15) is 0 Å². The van der Waals surface area contributed by atoms with Crippen molar-refractivity contribution in [2.75, 3.05) is 5.75 Å². The quantitative estimate of drug-likeness (QED) is 0.465. The molecule has 0 radical (unpaired) electrons. The molecule has 2 N–H and O–H groups in total. The number of carboxylic acid groups (broad SMARTS) is 2. The van der Waals surface area contributed by atoms with Gasteiger partial charge in [-0.1, -0.05) is 0 Å². The normalized spacial score (nSPS) is 9.88. The van der Waals surface area contributed by atoms with E-state index in [2.05, 4.69) is 0 Å². The maximum atomic E-state index is 10.7. The van der Waals surface area contributed by atoms with Crippen molar-refractivity contribution < 1.29 is 24.7 Å². The Kier molecular flexibility index (Phi) is 4.05. The van der Waals surface area contributed by atoms with Crippen LogP contribution in [0.4, 0.5) is 5.69 Å². The first-order valence-corrected chi connectivity index (χ1v) is 5.26. The highest BCUT2D eigenvalue weighted by Gasteiger charge is 2.17. The lowest BCUT2D eigenvalue weighted by atomic mass is 10.2. The molecule has 0 saturated heterocycles. The van der Waals surface area contributed by atoms with Crippen LogP contribution in [-0.4, -0.2) is 32.8 Å². The number of carboxylic acids is 2. The van der Waals surface area contributed by atoms with Crippen LogP contribution in [0.5, 0.6) is 0 Å². The molecule has 0 atom stereocenters. The first-order chi connectivity index (χ1) is 7.91. The average molecular weight is 257 g/mol. The highest BCUT2D eigenvalue weighted by Crippen LogP contribution is 2.30. The Morgan fingerprint density at radius 1 is 1.35 bits per heavy atom. The van der Waals surface area contributed by atoms with Crippen LogP contribution in [0.25, 0.3) is 0 Å². The van der Waals surface area contributed by atoms with Crippen LogP contribution in [0.1, 0.15) is 10.4 Å². The zero-order valence-corrected chi connectivity index (χ0v) is 9.14. The Bertz CT molecular complexity index is 486.